The molecule has 0 amide bonds. The third-order valence-corrected chi connectivity index (χ3v) is 4.63. The van der Waals surface area contributed by atoms with Gasteiger partial charge in [-0.25, -0.2) is 0 Å². The lowest BCUT2D eigenvalue weighted by molar-refractivity contribution is 0.334. The van der Waals surface area contributed by atoms with E-state index in [1.165, 1.54) is 11.1 Å². The lowest BCUT2D eigenvalue weighted by atomic mass is 9.66. The van der Waals surface area contributed by atoms with E-state index in [2.05, 4.69) is 86.7 Å². The summed E-state index contributed by atoms with van der Waals surface area (Å²) in [6.07, 6.45) is 15.0. The summed E-state index contributed by atoms with van der Waals surface area (Å²) < 4.78 is 1.10. The first-order valence-corrected chi connectivity index (χ1v) is 7.83. The maximum atomic E-state index is 4.36. The molecule has 1 heteroatoms. The molecule has 0 radical (unpaired) electrons. The van der Waals surface area contributed by atoms with Crippen molar-refractivity contribution in [3.8, 4) is 0 Å². The van der Waals surface area contributed by atoms with Crippen molar-refractivity contribution in [3.05, 3.63) is 58.7 Å². The van der Waals surface area contributed by atoms with Crippen molar-refractivity contribution in [2.75, 3.05) is 0 Å². The molecule has 0 spiro atoms. The van der Waals surface area contributed by atoms with Gasteiger partial charge in [0.25, 0.3) is 0 Å². The lowest BCUT2D eigenvalue weighted by Gasteiger charge is -2.38. The number of hydrogen-bond donors (Lipinski definition) is 0. The van der Waals surface area contributed by atoms with E-state index in [0.29, 0.717) is 5.92 Å². The average Bonchev–Trinajstić information content (AvgIpc) is 2.32. The third kappa shape index (κ3) is 3.82. The highest BCUT2D eigenvalue weighted by Crippen LogP contribution is 2.44. The molecule has 0 aromatic heterocycles. The van der Waals surface area contributed by atoms with Crippen molar-refractivity contribution >= 4 is 15.9 Å². The van der Waals surface area contributed by atoms with E-state index in [1.54, 1.807) is 0 Å². The Morgan fingerprint density at radius 1 is 1.26 bits per heavy atom. The zero-order valence-corrected chi connectivity index (χ0v) is 14.1. The Hall–Kier alpha value is -0.820. The summed E-state index contributed by atoms with van der Waals surface area (Å²) in [7, 11) is 0. The summed E-state index contributed by atoms with van der Waals surface area (Å²) in [5.74, 6) is 0.530. The molecular weight excluding hydrogens is 296 g/mol. The molecule has 0 saturated heterocycles. The van der Waals surface area contributed by atoms with E-state index in [1.807, 2.05) is 0 Å². The smallest absolute Gasteiger partial charge is 0.0175 e. The summed E-state index contributed by atoms with van der Waals surface area (Å²) >= 11 is 3.50. The van der Waals surface area contributed by atoms with Gasteiger partial charge in [0.2, 0.25) is 0 Å². The van der Waals surface area contributed by atoms with Gasteiger partial charge in [0.1, 0.15) is 0 Å². The Morgan fingerprint density at radius 3 is 2.47 bits per heavy atom. The van der Waals surface area contributed by atoms with E-state index in [4.69, 9.17) is 0 Å². The van der Waals surface area contributed by atoms with Crippen molar-refractivity contribution in [2.24, 2.45) is 11.3 Å². The van der Waals surface area contributed by atoms with Gasteiger partial charge in [0.05, 0.1) is 0 Å². The first-order chi connectivity index (χ1) is 8.92. The van der Waals surface area contributed by atoms with Crippen LogP contribution in [0, 0.1) is 11.3 Å². The van der Waals surface area contributed by atoms with Crippen LogP contribution in [-0.2, 0) is 0 Å². The second-order valence-corrected chi connectivity index (χ2v) is 6.52. The molecule has 1 aliphatic carbocycles. The molecule has 0 aromatic carbocycles. The average molecular weight is 321 g/mol. The van der Waals surface area contributed by atoms with Crippen LogP contribution in [0.3, 0.4) is 0 Å². The first-order valence-electron chi connectivity index (χ1n) is 7.03. The summed E-state index contributed by atoms with van der Waals surface area (Å²) in [5, 5.41) is 0. The number of allylic oxidation sites excluding steroid dienone is 9. The molecule has 1 unspecified atom stereocenters. The van der Waals surface area contributed by atoms with Crippen LogP contribution in [0.4, 0.5) is 0 Å². The normalized spacial score (nSPS) is 18.4. The van der Waals surface area contributed by atoms with Gasteiger partial charge in [-0.15, -0.1) is 0 Å². The Morgan fingerprint density at radius 2 is 1.89 bits per heavy atom. The van der Waals surface area contributed by atoms with Crippen LogP contribution in [0.15, 0.2) is 58.7 Å². The van der Waals surface area contributed by atoms with Crippen LogP contribution in [0.2, 0.25) is 0 Å². The molecule has 0 nitrogen and oxygen atoms in total. The van der Waals surface area contributed by atoms with Crippen molar-refractivity contribution in [1.82, 2.24) is 0 Å². The van der Waals surface area contributed by atoms with Crippen LogP contribution >= 0.6 is 15.9 Å². The molecule has 19 heavy (non-hydrogen) atoms. The van der Waals surface area contributed by atoms with Gasteiger partial charge < -0.3 is 0 Å². The molecule has 0 heterocycles. The Balaban J connectivity index is 3.17. The van der Waals surface area contributed by atoms with Crippen LogP contribution in [0.25, 0.3) is 0 Å². The highest BCUT2D eigenvalue weighted by molar-refractivity contribution is 9.11. The van der Waals surface area contributed by atoms with E-state index in [-0.39, 0.29) is 5.41 Å². The largest absolute Gasteiger partial charge is 0.0990 e. The maximum absolute atomic E-state index is 4.36. The highest BCUT2D eigenvalue weighted by Gasteiger charge is 2.33. The van der Waals surface area contributed by atoms with E-state index in [9.17, 15) is 0 Å². The molecule has 104 valence electrons. The summed E-state index contributed by atoms with van der Waals surface area (Å²) in [6, 6.07) is 0. The van der Waals surface area contributed by atoms with Gasteiger partial charge in [-0.3, -0.25) is 0 Å². The Labute approximate surface area is 126 Å². The second kappa shape index (κ2) is 7.09. The molecule has 1 aliphatic rings. The second-order valence-electron chi connectivity index (χ2n) is 5.60. The highest BCUT2D eigenvalue weighted by atomic mass is 79.9. The summed E-state index contributed by atoms with van der Waals surface area (Å²) in [5.41, 5.74) is 2.71. The molecular formula is C18H25Br. The van der Waals surface area contributed by atoms with Gasteiger partial charge in [-0.05, 0) is 30.1 Å². The van der Waals surface area contributed by atoms with Gasteiger partial charge in [-0.1, -0.05) is 86.5 Å². The quantitative estimate of drug-likeness (QED) is 0.519. The minimum absolute atomic E-state index is 0.0362. The maximum Gasteiger partial charge on any atom is 0.0175 e. The predicted octanol–water partition coefficient (Wildman–Crippen LogP) is 6.34. The Bertz CT molecular complexity index is 446. The fourth-order valence-corrected chi connectivity index (χ4v) is 2.76. The van der Waals surface area contributed by atoms with Gasteiger partial charge in [0, 0.05) is 9.90 Å². The summed E-state index contributed by atoms with van der Waals surface area (Å²) in [6.45, 7) is 13.5. The Kier molecular flexibility index (Phi) is 6.06. The van der Waals surface area contributed by atoms with Gasteiger partial charge in [0.15, 0.2) is 0 Å². The molecule has 0 aromatic rings. The first kappa shape index (κ1) is 16.2. The van der Waals surface area contributed by atoms with Crippen LogP contribution in [-0.4, -0.2) is 0 Å². The fraction of sp³-hybridized carbons (Fsp3) is 0.444. The van der Waals surface area contributed by atoms with E-state index >= 15 is 0 Å². The lowest BCUT2D eigenvalue weighted by Crippen LogP contribution is -2.27. The predicted molar refractivity (Wildman–Crippen MR) is 90.4 cm³/mol. The van der Waals surface area contributed by atoms with E-state index < -0.39 is 0 Å². The van der Waals surface area contributed by atoms with Crippen LogP contribution in [0.5, 0.6) is 0 Å². The monoisotopic (exact) mass is 320 g/mol. The van der Waals surface area contributed by atoms with Crippen molar-refractivity contribution in [1.29, 1.82) is 0 Å². The minimum atomic E-state index is 0.0362. The summed E-state index contributed by atoms with van der Waals surface area (Å²) in [4.78, 5) is 0. The zero-order chi connectivity index (χ0) is 14.5. The van der Waals surface area contributed by atoms with E-state index in [0.717, 1.165) is 17.3 Å². The fourth-order valence-electron chi connectivity index (χ4n) is 2.45. The molecule has 0 N–H and O–H groups in total. The van der Waals surface area contributed by atoms with Crippen molar-refractivity contribution in [2.45, 2.75) is 40.5 Å². The number of halogens is 1. The zero-order valence-electron chi connectivity index (χ0n) is 12.5. The molecule has 0 bridgehead atoms. The molecule has 1 atom stereocenters. The molecule has 0 fully saturated rings. The van der Waals surface area contributed by atoms with Gasteiger partial charge in [-0.2, -0.15) is 0 Å². The topological polar surface area (TPSA) is 0 Å². The van der Waals surface area contributed by atoms with Crippen LogP contribution < -0.4 is 0 Å². The minimum Gasteiger partial charge on any atom is -0.0990 e. The molecule has 0 aliphatic heterocycles. The van der Waals surface area contributed by atoms with Crippen molar-refractivity contribution < 1.29 is 0 Å². The standard InChI is InChI=1S/C18H25Br/c1-6-9-15(4)18(5,14(2)3)16-10-7-12-17(19)13-8-11-16/h7-8,10-14H,4,6,9H2,1-3,5H3. The third-order valence-electron chi connectivity index (χ3n) is 4.10. The van der Waals surface area contributed by atoms with Gasteiger partial charge >= 0.3 is 0 Å². The molecule has 0 saturated carbocycles. The number of hydrogen-bond acceptors (Lipinski definition) is 0. The SMILES string of the molecule is C=C(CCC)C(C)(C1=CC=CC(Br)=CC=C1)C(C)C. The van der Waals surface area contributed by atoms with Crippen LogP contribution in [0.1, 0.15) is 40.5 Å². The van der Waals surface area contributed by atoms with Crippen molar-refractivity contribution in [3.63, 3.8) is 0 Å². The number of rotatable bonds is 5. The molecule has 1 rings (SSSR count).